The third-order valence-corrected chi connectivity index (χ3v) is 4.02. The van der Waals surface area contributed by atoms with E-state index >= 15 is 0 Å². The standard InChI is InChI=1S/C16H25NO/c1-11(2)10-17(4)15-9-12(3)13-7-5-6-8-14(13)16(15)18/h5-8,11-12,15-16,18H,9-10H2,1-4H3. The lowest BCUT2D eigenvalue weighted by atomic mass is 9.78. The first kappa shape index (κ1) is 13.6. The van der Waals surface area contributed by atoms with E-state index in [0.717, 1.165) is 18.5 Å². The molecule has 0 saturated carbocycles. The van der Waals surface area contributed by atoms with Crippen LogP contribution >= 0.6 is 0 Å². The van der Waals surface area contributed by atoms with Gasteiger partial charge in [0.05, 0.1) is 6.10 Å². The largest absolute Gasteiger partial charge is 0.387 e. The number of aliphatic hydroxyl groups is 1. The van der Waals surface area contributed by atoms with Crippen LogP contribution in [0.2, 0.25) is 0 Å². The Kier molecular flexibility index (Phi) is 4.08. The molecule has 1 aliphatic carbocycles. The zero-order valence-electron chi connectivity index (χ0n) is 11.9. The van der Waals surface area contributed by atoms with Gasteiger partial charge in [-0.05, 0) is 36.4 Å². The lowest BCUT2D eigenvalue weighted by Crippen LogP contribution is -2.42. The molecule has 1 aromatic rings. The van der Waals surface area contributed by atoms with E-state index < -0.39 is 0 Å². The summed E-state index contributed by atoms with van der Waals surface area (Å²) in [5.41, 5.74) is 2.44. The van der Waals surface area contributed by atoms with Crippen LogP contribution in [-0.4, -0.2) is 29.6 Å². The van der Waals surface area contributed by atoms with Crippen LogP contribution in [0.5, 0.6) is 0 Å². The summed E-state index contributed by atoms with van der Waals surface area (Å²) in [7, 11) is 2.13. The molecule has 1 N–H and O–H groups in total. The van der Waals surface area contributed by atoms with E-state index in [1.54, 1.807) is 0 Å². The van der Waals surface area contributed by atoms with Crippen LogP contribution in [-0.2, 0) is 0 Å². The fraction of sp³-hybridized carbons (Fsp3) is 0.625. The number of hydrogen-bond donors (Lipinski definition) is 1. The van der Waals surface area contributed by atoms with Crippen molar-refractivity contribution in [3.63, 3.8) is 0 Å². The molecule has 3 atom stereocenters. The van der Waals surface area contributed by atoms with Gasteiger partial charge in [-0.3, -0.25) is 0 Å². The normalized spacial score (nSPS) is 27.6. The number of likely N-dealkylation sites (N-methyl/N-ethyl adjacent to an activating group) is 1. The van der Waals surface area contributed by atoms with Gasteiger partial charge in [-0.15, -0.1) is 0 Å². The highest BCUT2D eigenvalue weighted by Crippen LogP contribution is 2.39. The maximum Gasteiger partial charge on any atom is 0.0948 e. The average molecular weight is 247 g/mol. The Bertz CT molecular complexity index is 402. The molecule has 0 spiro atoms. The van der Waals surface area contributed by atoms with Crippen LogP contribution in [0.4, 0.5) is 0 Å². The SMILES string of the molecule is CC(C)CN(C)C1CC(C)c2ccccc2C1O. The Morgan fingerprint density at radius 1 is 1.28 bits per heavy atom. The highest BCUT2D eigenvalue weighted by atomic mass is 16.3. The molecular weight excluding hydrogens is 222 g/mol. The Morgan fingerprint density at radius 2 is 1.89 bits per heavy atom. The molecule has 100 valence electrons. The van der Waals surface area contributed by atoms with E-state index in [9.17, 15) is 5.11 Å². The quantitative estimate of drug-likeness (QED) is 0.886. The van der Waals surface area contributed by atoms with Crippen molar-refractivity contribution in [1.29, 1.82) is 0 Å². The highest BCUT2D eigenvalue weighted by molar-refractivity contribution is 5.35. The molecule has 0 saturated heterocycles. The predicted molar refractivity (Wildman–Crippen MR) is 75.7 cm³/mol. The van der Waals surface area contributed by atoms with Crippen molar-refractivity contribution in [2.24, 2.45) is 5.92 Å². The first-order valence-electron chi connectivity index (χ1n) is 6.97. The zero-order valence-corrected chi connectivity index (χ0v) is 11.9. The maximum absolute atomic E-state index is 10.6. The van der Waals surface area contributed by atoms with Gasteiger partial charge in [-0.1, -0.05) is 45.0 Å². The van der Waals surface area contributed by atoms with Crippen molar-refractivity contribution in [2.75, 3.05) is 13.6 Å². The number of fused-ring (bicyclic) bond motifs is 1. The number of nitrogens with zero attached hydrogens (tertiary/aromatic N) is 1. The van der Waals surface area contributed by atoms with E-state index in [0.29, 0.717) is 11.8 Å². The van der Waals surface area contributed by atoms with E-state index in [1.807, 2.05) is 6.07 Å². The first-order chi connectivity index (χ1) is 8.50. The van der Waals surface area contributed by atoms with Crippen molar-refractivity contribution in [2.45, 2.75) is 45.3 Å². The molecule has 0 heterocycles. The van der Waals surface area contributed by atoms with Gasteiger partial charge >= 0.3 is 0 Å². The molecule has 2 rings (SSSR count). The number of aliphatic hydroxyl groups excluding tert-OH is 1. The second kappa shape index (κ2) is 5.41. The van der Waals surface area contributed by atoms with Gasteiger partial charge in [-0.2, -0.15) is 0 Å². The van der Waals surface area contributed by atoms with Crippen molar-refractivity contribution >= 4 is 0 Å². The summed E-state index contributed by atoms with van der Waals surface area (Å²) >= 11 is 0. The van der Waals surface area contributed by atoms with Gasteiger partial charge in [0.15, 0.2) is 0 Å². The van der Waals surface area contributed by atoms with Crippen LogP contribution in [0.15, 0.2) is 24.3 Å². The topological polar surface area (TPSA) is 23.5 Å². The molecule has 0 aromatic heterocycles. The van der Waals surface area contributed by atoms with Gasteiger partial charge in [0.25, 0.3) is 0 Å². The van der Waals surface area contributed by atoms with Gasteiger partial charge in [0, 0.05) is 12.6 Å². The Hall–Kier alpha value is -0.860. The number of rotatable bonds is 3. The molecule has 18 heavy (non-hydrogen) atoms. The molecule has 2 nitrogen and oxygen atoms in total. The summed E-state index contributed by atoms with van der Waals surface area (Å²) in [6.07, 6.45) is 0.697. The van der Waals surface area contributed by atoms with Gasteiger partial charge < -0.3 is 10.0 Å². The second-order valence-electron chi connectivity index (χ2n) is 6.11. The first-order valence-corrected chi connectivity index (χ1v) is 6.97. The summed E-state index contributed by atoms with van der Waals surface area (Å²) in [6.45, 7) is 7.75. The molecule has 0 fully saturated rings. The molecule has 1 aliphatic rings. The zero-order chi connectivity index (χ0) is 13.3. The van der Waals surface area contributed by atoms with Crippen molar-refractivity contribution in [3.8, 4) is 0 Å². The Balaban J connectivity index is 2.22. The van der Waals surface area contributed by atoms with Crippen LogP contribution in [0, 0.1) is 5.92 Å². The molecule has 3 unspecified atom stereocenters. The van der Waals surface area contributed by atoms with Crippen LogP contribution in [0.3, 0.4) is 0 Å². The third kappa shape index (κ3) is 2.60. The fourth-order valence-electron chi connectivity index (χ4n) is 3.19. The minimum absolute atomic E-state index is 0.247. The molecule has 2 heteroatoms. The Morgan fingerprint density at radius 3 is 2.50 bits per heavy atom. The lowest BCUT2D eigenvalue weighted by molar-refractivity contribution is 0.0396. The molecule has 0 radical (unpaired) electrons. The minimum Gasteiger partial charge on any atom is -0.387 e. The lowest BCUT2D eigenvalue weighted by Gasteiger charge is -2.40. The van der Waals surface area contributed by atoms with Crippen molar-refractivity contribution < 1.29 is 5.11 Å². The van der Waals surface area contributed by atoms with Gasteiger partial charge in [0.1, 0.15) is 0 Å². The van der Waals surface area contributed by atoms with Gasteiger partial charge in [0.2, 0.25) is 0 Å². The molecule has 0 amide bonds. The molecular formula is C16H25NO. The van der Waals surface area contributed by atoms with Crippen LogP contribution in [0.1, 0.15) is 50.3 Å². The van der Waals surface area contributed by atoms with E-state index in [-0.39, 0.29) is 12.1 Å². The van der Waals surface area contributed by atoms with E-state index in [4.69, 9.17) is 0 Å². The minimum atomic E-state index is -0.346. The summed E-state index contributed by atoms with van der Waals surface area (Å²) < 4.78 is 0. The van der Waals surface area contributed by atoms with Crippen molar-refractivity contribution in [3.05, 3.63) is 35.4 Å². The number of benzene rings is 1. The molecule has 0 aliphatic heterocycles. The Labute approximate surface area is 111 Å². The van der Waals surface area contributed by atoms with Gasteiger partial charge in [-0.25, -0.2) is 0 Å². The third-order valence-electron chi connectivity index (χ3n) is 4.02. The fourth-order valence-corrected chi connectivity index (χ4v) is 3.19. The summed E-state index contributed by atoms with van der Waals surface area (Å²) in [5.74, 6) is 1.17. The highest BCUT2D eigenvalue weighted by Gasteiger charge is 2.33. The van der Waals surface area contributed by atoms with Crippen LogP contribution in [0.25, 0.3) is 0 Å². The summed E-state index contributed by atoms with van der Waals surface area (Å²) in [6, 6.07) is 8.57. The molecule has 0 bridgehead atoms. The smallest absolute Gasteiger partial charge is 0.0948 e. The maximum atomic E-state index is 10.6. The molecule has 1 aromatic carbocycles. The predicted octanol–water partition coefficient (Wildman–Crippen LogP) is 3.18. The number of hydrogen-bond acceptors (Lipinski definition) is 2. The summed E-state index contributed by atoms with van der Waals surface area (Å²) in [4.78, 5) is 2.32. The average Bonchev–Trinajstić information content (AvgIpc) is 2.33. The summed E-state index contributed by atoms with van der Waals surface area (Å²) in [5, 5.41) is 10.6. The second-order valence-corrected chi connectivity index (χ2v) is 6.11. The van der Waals surface area contributed by atoms with Crippen molar-refractivity contribution in [1.82, 2.24) is 4.90 Å². The van der Waals surface area contributed by atoms with E-state index in [1.165, 1.54) is 5.56 Å². The van der Waals surface area contributed by atoms with Crippen LogP contribution < -0.4 is 0 Å². The van der Waals surface area contributed by atoms with E-state index in [2.05, 4.69) is 50.9 Å². The monoisotopic (exact) mass is 247 g/mol.